The highest BCUT2D eigenvalue weighted by Crippen LogP contribution is 2.20. The van der Waals surface area contributed by atoms with Gasteiger partial charge in [0.05, 0.1) is 7.11 Å². The number of hydrogen-bond acceptors (Lipinski definition) is 4. The van der Waals surface area contributed by atoms with Crippen molar-refractivity contribution < 1.29 is 14.3 Å². The van der Waals surface area contributed by atoms with E-state index in [0.717, 1.165) is 54.9 Å². The summed E-state index contributed by atoms with van der Waals surface area (Å²) >= 11 is 0. The Morgan fingerprint density at radius 2 is 1.74 bits per heavy atom. The number of nitrogens with one attached hydrogen (secondary N) is 1. The molecule has 166 valence electrons. The summed E-state index contributed by atoms with van der Waals surface area (Å²) in [5.41, 5.74) is 4.06. The Morgan fingerprint density at radius 3 is 2.42 bits per heavy atom. The smallest absolute Gasteiger partial charge is 0.220 e. The molecule has 5 nitrogen and oxygen atoms in total. The van der Waals surface area contributed by atoms with Gasteiger partial charge in [-0.3, -0.25) is 14.5 Å². The number of likely N-dealkylation sites (tertiary alicyclic amines) is 1. The Hall–Kier alpha value is -2.66. The van der Waals surface area contributed by atoms with Crippen LogP contribution in [0.4, 0.5) is 0 Å². The van der Waals surface area contributed by atoms with Crippen LogP contribution in [0, 0.1) is 19.8 Å². The monoisotopic (exact) mass is 422 g/mol. The molecule has 1 fully saturated rings. The van der Waals surface area contributed by atoms with Crippen molar-refractivity contribution in [2.75, 3.05) is 26.7 Å². The van der Waals surface area contributed by atoms with E-state index in [9.17, 15) is 9.59 Å². The van der Waals surface area contributed by atoms with Crippen LogP contribution in [0.3, 0.4) is 0 Å². The van der Waals surface area contributed by atoms with Gasteiger partial charge in [0, 0.05) is 31.5 Å². The molecular weight excluding hydrogens is 388 g/mol. The fourth-order valence-corrected chi connectivity index (χ4v) is 4.08. The van der Waals surface area contributed by atoms with Crippen molar-refractivity contribution in [3.05, 3.63) is 64.7 Å². The molecule has 2 aromatic rings. The van der Waals surface area contributed by atoms with Crippen LogP contribution < -0.4 is 10.1 Å². The van der Waals surface area contributed by atoms with Gasteiger partial charge in [-0.05, 0) is 75.0 Å². The molecule has 0 aliphatic carbocycles. The Morgan fingerprint density at radius 1 is 1.03 bits per heavy atom. The quantitative estimate of drug-likeness (QED) is 0.612. The maximum absolute atomic E-state index is 12.5. The van der Waals surface area contributed by atoms with Gasteiger partial charge in [-0.1, -0.05) is 29.8 Å². The van der Waals surface area contributed by atoms with Crippen LogP contribution in [0.5, 0.6) is 5.75 Å². The third-order valence-electron chi connectivity index (χ3n) is 6.13. The highest BCUT2D eigenvalue weighted by molar-refractivity contribution is 5.99. The molecule has 0 atom stereocenters. The minimum atomic E-state index is -0.0284. The number of ketones is 1. The molecule has 5 heteroatoms. The number of nitrogens with zero attached hydrogens (tertiary/aromatic N) is 1. The van der Waals surface area contributed by atoms with Gasteiger partial charge >= 0.3 is 0 Å². The van der Waals surface area contributed by atoms with Gasteiger partial charge in [0.15, 0.2) is 5.78 Å². The number of Topliss-reactive ketones (excluding diaryl/α,β-unsaturated/α-hetero) is 1. The Labute approximate surface area is 185 Å². The molecule has 0 spiro atoms. The number of hydrogen-bond donors (Lipinski definition) is 1. The molecule has 1 heterocycles. The van der Waals surface area contributed by atoms with E-state index in [4.69, 9.17) is 4.74 Å². The average Bonchev–Trinajstić information content (AvgIpc) is 2.79. The summed E-state index contributed by atoms with van der Waals surface area (Å²) in [5.74, 6) is 1.40. The van der Waals surface area contributed by atoms with Crippen molar-refractivity contribution in [3.63, 3.8) is 0 Å². The first-order chi connectivity index (χ1) is 14.9. The molecule has 1 aliphatic rings. The number of rotatable bonds is 9. The molecule has 1 N–H and O–H groups in total. The van der Waals surface area contributed by atoms with Gasteiger partial charge in [-0.25, -0.2) is 0 Å². The molecule has 1 saturated heterocycles. The SMILES string of the molecule is COc1ccc(CN2CCC(CNC(=O)CCC(=O)c3cc(C)ccc3C)CC2)cc1. The van der Waals surface area contributed by atoms with Gasteiger partial charge in [-0.2, -0.15) is 0 Å². The summed E-state index contributed by atoms with van der Waals surface area (Å²) in [5, 5.41) is 3.04. The lowest BCUT2D eigenvalue weighted by Crippen LogP contribution is -2.38. The number of methoxy groups -OCH3 is 1. The molecule has 1 amide bonds. The zero-order valence-corrected chi connectivity index (χ0v) is 18.9. The molecule has 0 radical (unpaired) electrons. The van der Waals surface area contributed by atoms with Crippen molar-refractivity contribution >= 4 is 11.7 Å². The second kappa shape index (κ2) is 11.1. The second-order valence-electron chi connectivity index (χ2n) is 8.61. The molecule has 0 saturated carbocycles. The number of piperidine rings is 1. The summed E-state index contributed by atoms with van der Waals surface area (Å²) in [6.07, 6.45) is 2.68. The van der Waals surface area contributed by atoms with Gasteiger partial charge in [0.1, 0.15) is 5.75 Å². The third-order valence-corrected chi connectivity index (χ3v) is 6.13. The fraction of sp³-hybridized carbons (Fsp3) is 0.462. The second-order valence-corrected chi connectivity index (χ2v) is 8.61. The first-order valence-corrected chi connectivity index (χ1v) is 11.2. The number of carbonyl (C=O) groups excluding carboxylic acids is 2. The number of ether oxygens (including phenoxy) is 1. The lowest BCUT2D eigenvalue weighted by atomic mass is 9.96. The van der Waals surface area contributed by atoms with E-state index in [-0.39, 0.29) is 24.5 Å². The molecule has 31 heavy (non-hydrogen) atoms. The highest BCUT2D eigenvalue weighted by Gasteiger charge is 2.20. The van der Waals surface area contributed by atoms with Gasteiger partial charge in [-0.15, -0.1) is 0 Å². The van der Waals surface area contributed by atoms with Crippen LogP contribution in [0.25, 0.3) is 0 Å². The minimum Gasteiger partial charge on any atom is -0.497 e. The van der Waals surface area contributed by atoms with E-state index < -0.39 is 0 Å². The summed E-state index contributed by atoms with van der Waals surface area (Å²) < 4.78 is 5.22. The molecule has 0 bridgehead atoms. The van der Waals surface area contributed by atoms with E-state index in [1.807, 2.05) is 44.2 Å². The molecule has 3 rings (SSSR count). The predicted octanol–water partition coefficient (Wildman–Crippen LogP) is 4.30. The zero-order chi connectivity index (χ0) is 22.2. The van der Waals surface area contributed by atoms with Crippen molar-refractivity contribution in [2.45, 2.75) is 46.1 Å². The van der Waals surface area contributed by atoms with E-state index in [1.165, 1.54) is 5.56 Å². The molecule has 2 aromatic carbocycles. The standard InChI is InChI=1S/C26H34N2O3/c1-19-4-5-20(2)24(16-19)25(29)10-11-26(30)27-17-21-12-14-28(15-13-21)18-22-6-8-23(31-3)9-7-22/h4-9,16,21H,10-15,17-18H2,1-3H3,(H,27,30). The number of amides is 1. The molecule has 0 unspecified atom stereocenters. The Bertz CT molecular complexity index is 884. The topological polar surface area (TPSA) is 58.6 Å². The summed E-state index contributed by atoms with van der Waals surface area (Å²) in [7, 11) is 1.68. The van der Waals surface area contributed by atoms with Crippen molar-refractivity contribution in [3.8, 4) is 5.75 Å². The lowest BCUT2D eigenvalue weighted by Gasteiger charge is -2.32. The summed E-state index contributed by atoms with van der Waals surface area (Å²) in [6, 6.07) is 14.1. The first-order valence-electron chi connectivity index (χ1n) is 11.2. The van der Waals surface area contributed by atoms with E-state index >= 15 is 0 Å². The first kappa shape index (κ1) is 23.0. The molecule has 1 aliphatic heterocycles. The number of benzene rings is 2. The summed E-state index contributed by atoms with van der Waals surface area (Å²) in [4.78, 5) is 27.2. The largest absolute Gasteiger partial charge is 0.497 e. The highest BCUT2D eigenvalue weighted by atomic mass is 16.5. The van der Waals surface area contributed by atoms with Gasteiger partial charge in [0.2, 0.25) is 5.91 Å². The summed E-state index contributed by atoms with van der Waals surface area (Å²) in [6.45, 7) is 7.64. The zero-order valence-electron chi connectivity index (χ0n) is 18.9. The number of carbonyl (C=O) groups is 2. The van der Waals surface area contributed by atoms with E-state index in [1.54, 1.807) is 7.11 Å². The van der Waals surface area contributed by atoms with Crippen molar-refractivity contribution in [1.29, 1.82) is 0 Å². The normalized spacial score (nSPS) is 14.9. The van der Waals surface area contributed by atoms with Gasteiger partial charge < -0.3 is 10.1 Å². The van der Waals surface area contributed by atoms with E-state index in [2.05, 4.69) is 22.3 Å². The number of aryl methyl sites for hydroxylation is 2. The predicted molar refractivity (Wildman–Crippen MR) is 123 cm³/mol. The van der Waals surface area contributed by atoms with E-state index in [0.29, 0.717) is 12.5 Å². The Balaban J connectivity index is 1.34. The van der Waals surface area contributed by atoms with Crippen LogP contribution in [-0.4, -0.2) is 43.3 Å². The minimum absolute atomic E-state index is 0.0284. The van der Waals surface area contributed by atoms with Crippen LogP contribution in [0.1, 0.15) is 52.7 Å². The maximum atomic E-state index is 12.5. The molecule has 0 aromatic heterocycles. The van der Waals surface area contributed by atoms with Crippen LogP contribution >= 0.6 is 0 Å². The third kappa shape index (κ3) is 6.93. The van der Waals surface area contributed by atoms with Crippen LogP contribution in [0.2, 0.25) is 0 Å². The average molecular weight is 423 g/mol. The van der Waals surface area contributed by atoms with Crippen LogP contribution in [0.15, 0.2) is 42.5 Å². The van der Waals surface area contributed by atoms with Gasteiger partial charge in [0.25, 0.3) is 0 Å². The maximum Gasteiger partial charge on any atom is 0.220 e. The lowest BCUT2D eigenvalue weighted by molar-refractivity contribution is -0.121. The van der Waals surface area contributed by atoms with Crippen molar-refractivity contribution in [2.24, 2.45) is 5.92 Å². The Kier molecular flexibility index (Phi) is 8.24. The van der Waals surface area contributed by atoms with Crippen LogP contribution in [-0.2, 0) is 11.3 Å². The molecular formula is C26H34N2O3. The van der Waals surface area contributed by atoms with Crippen molar-refractivity contribution in [1.82, 2.24) is 10.2 Å². The fourth-order valence-electron chi connectivity index (χ4n) is 4.08.